The second kappa shape index (κ2) is 9.56. The molecule has 0 radical (unpaired) electrons. The summed E-state index contributed by atoms with van der Waals surface area (Å²) in [5.41, 5.74) is 0. The van der Waals surface area contributed by atoms with Gasteiger partial charge in [-0.15, -0.1) is 0 Å². The maximum Gasteiger partial charge on any atom is 0.135 e. The molecule has 0 aromatic carbocycles. The molecule has 0 aliphatic rings. The zero-order chi connectivity index (χ0) is 12.4. The Labute approximate surface area is 99.8 Å². The number of aldehydes is 1. The standard InChI is InChI=1S/C14H26O2/c1-4-6-8-12(3)14(16)10-7-9-13(5-2)11-15/h11-13H,4-10H2,1-3H3. The van der Waals surface area contributed by atoms with Gasteiger partial charge < -0.3 is 4.79 Å². The number of Topliss-reactive ketones (excluding diaryl/α,β-unsaturated/α-hetero) is 1. The molecule has 2 atom stereocenters. The van der Waals surface area contributed by atoms with E-state index in [9.17, 15) is 9.59 Å². The Balaban J connectivity index is 3.67. The molecule has 0 saturated heterocycles. The second-order valence-corrected chi connectivity index (χ2v) is 4.71. The summed E-state index contributed by atoms with van der Waals surface area (Å²) in [6.07, 6.45) is 7.60. The molecular formula is C14H26O2. The molecule has 0 N–H and O–H groups in total. The van der Waals surface area contributed by atoms with Gasteiger partial charge in [0.2, 0.25) is 0 Å². The summed E-state index contributed by atoms with van der Waals surface area (Å²) in [7, 11) is 0. The molecule has 0 spiro atoms. The number of rotatable bonds is 10. The molecule has 0 fully saturated rings. The molecule has 0 aromatic rings. The molecular weight excluding hydrogens is 200 g/mol. The van der Waals surface area contributed by atoms with Crippen LogP contribution in [0.5, 0.6) is 0 Å². The van der Waals surface area contributed by atoms with Crippen LogP contribution in [0.15, 0.2) is 0 Å². The number of hydrogen-bond acceptors (Lipinski definition) is 2. The van der Waals surface area contributed by atoms with Crippen molar-refractivity contribution in [3.8, 4) is 0 Å². The van der Waals surface area contributed by atoms with Gasteiger partial charge in [-0.3, -0.25) is 4.79 Å². The number of ketones is 1. The third-order valence-corrected chi connectivity index (χ3v) is 3.26. The van der Waals surface area contributed by atoms with Gasteiger partial charge >= 0.3 is 0 Å². The highest BCUT2D eigenvalue weighted by molar-refractivity contribution is 5.80. The number of hydrogen-bond donors (Lipinski definition) is 0. The van der Waals surface area contributed by atoms with Gasteiger partial charge in [-0.05, 0) is 25.7 Å². The molecule has 0 rings (SSSR count). The molecule has 2 nitrogen and oxygen atoms in total. The minimum Gasteiger partial charge on any atom is -0.303 e. The highest BCUT2D eigenvalue weighted by Gasteiger charge is 2.12. The van der Waals surface area contributed by atoms with Crippen molar-refractivity contribution in [2.45, 2.75) is 65.7 Å². The van der Waals surface area contributed by atoms with E-state index >= 15 is 0 Å². The first-order chi connectivity index (χ1) is 7.65. The summed E-state index contributed by atoms with van der Waals surface area (Å²) in [4.78, 5) is 22.3. The van der Waals surface area contributed by atoms with Crippen LogP contribution < -0.4 is 0 Å². The van der Waals surface area contributed by atoms with E-state index in [1.807, 2.05) is 13.8 Å². The van der Waals surface area contributed by atoms with Gasteiger partial charge in [-0.25, -0.2) is 0 Å². The zero-order valence-corrected chi connectivity index (χ0v) is 11.0. The average Bonchev–Trinajstić information content (AvgIpc) is 2.31. The van der Waals surface area contributed by atoms with Gasteiger partial charge in [-0.2, -0.15) is 0 Å². The summed E-state index contributed by atoms with van der Waals surface area (Å²) >= 11 is 0. The van der Waals surface area contributed by atoms with Crippen LogP contribution in [-0.2, 0) is 9.59 Å². The molecule has 0 amide bonds. The smallest absolute Gasteiger partial charge is 0.135 e. The van der Waals surface area contributed by atoms with Crippen LogP contribution in [0.3, 0.4) is 0 Å². The normalized spacial score (nSPS) is 14.4. The van der Waals surface area contributed by atoms with Crippen molar-refractivity contribution < 1.29 is 9.59 Å². The van der Waals surface area contributed by atoms with Gasteiger partial charge in [0.1, 0.15) is 12.1 Å². The minimum atomic E-state index is 0.152. The van der Waals surface area contributed by atoms with E-state index < -0.39 is 0 Å². The van der Waals surface area contributed by atoms with Crippen LogP contribution in [0.2, 0.25) is 0 Å². The van der Waals surface area contributed by atoms with E-state index in [1.54, 1.807) is 0 Å². The minimum absolute atomic E-state index is 0.152. The molecule has 0 saturated carbocycles. The Bertz CT molecular complexity index is 199. The summed E-state index contributed by atoms with van der Waals surface area (Å²) in [5.74, 6) is 0.726. The monoisotopic (exact) mass is 226 g/mol. The molecule has 0 bridgehead atoms. The van der Waals surface area contributed by atoms with Crippen molar-refractivity contribution in [3.63, 3.8) is 0 Å². The van der Waals surface area contributed by atoms with Crippen molar-refractivity contribution in [1.29, 1.82) is 0 Å². The lowest BCUT2D eigenvalue weighted by Gasteiger charge is -2.10. The van der Waals surface area contributed by atoms with Crippen LogP contribution in [0, 0.1) is 11.8 Å². The van der Waals surface area contributed by atoms with Gasteiger partial charge in [0.25, 0.3) is 0 Å². The van der Waals surface area contributed by atoms with Crippen LogP contribution in [0.25, 0.3) is 0 Å². The number of carbonyl (C=O) groups excluding carboxylic acids is 2. The van der Waals surface area contributed by atoms with Crippen molar-refractivity contribution in [1.82, 2.24) is 0 Å². The summed E-state index contributed by atoms with van der Waals surface area (Å²) < 4.78 is 0. The summed E-state index contributed by atoms with van der Waals surface area (Å²) in [5, 5.41) is 0. The Hall–Kier alpha value is -0.660. The third kappa shape index (κ3) is 6.76. The topological polar surface area (TPSA) is 34.1 Å². The van der Waals surface area contributed by atoms with Crippen LogP contribution in [-0.4, -0.2) is 12.1 Å². The van der Waals surface area contributed by atoms with E-state index in [-0.39, 0.29) is 11.8 Å². The zero-order valence-electron chi connectivity index (χ0n) is 11.0. The fourth-order valence-corrected chi connectivity index (χ4v) is 1.82. The summed E-state index contributed by atoms with van der Waals surface area (Å²) in [6.45, 7) is 6.19. The first kappa shape index (κ1) is 15.3. The fraction of sp³-hybridized carbons (Fsp3) is 0.857. The predicted octanol–water partition coefficient (Wildman–Crippen LogP) is 3.78. The van der Waals surface area contributed by atoms with E-state index in [1.165, 1.54) is 0 Å². The molecule has 16 heavy (non-hydrogen) atoms. The molecule has 94 valence electrons. The van der Waals surface area contributed by atoms with Crippen LogP contribution in [0.4, 0.5) is 0 Å². The van der Waals surface area contributed by atoms with E-state index in [0.29, 0.717) is 12.2 Å². The van der Waals surface area contributed by atoms with Crippen molar-refractivity contribution in [2.24, 2.45) is 11.8 Å². The fourth-order valence-electron chi connectivity index (χ4n) is 1.82. The third-order valence-electron chi connectivity index (χ3n) is 3.26. The second-order valence-electron chi connectivity index (χ2n) is 4.71. The Morgan fingerprint density at radius 3 is 2.38 bits per heavy atom. The average molecular weight is 226 g/mol. The molecule has 0 aromatic heterocycles. The van der Waals surface area contributed by atoms with Gasteiger partial charge in [-0.1, -0.05) is 33.6 Å². The number of unbranched alkanes of at least 4 members (excludes halogenated alkanes) is 1. The largest absolute Gasteiger partial charge is 0.303 e. The lowest BCUT2D eigenvalue weighted by Crippen LogP contribution is -2.11. The molecule has 2 unspecified atom stereocenters. The lowest BCUT2D eigenvalue weighted by molar-refractivity contribution is -0.123. The maximum absolute atomic E-state index is 11.7. The highest BCUT2D eigenvalue weighted by Crippen LogP contribution is 2.15. The predicted molar refractivity (Wildman–Crippen MR) is 67.4 cm³/mol. The molecule has 0 aliphatic heterocycles. The summed E-state index contributed by atoms with van der Waals surface area (Å²) in [6, 6.07) is 0. The maximum atomic E-state index is 11.7. The molecule has 0 aliphatic carbocycles. The first-order valence-corrected chi connectivity index (χ1v) is 6.63. The highest BCUT2D eigenvalue weighted by atomic mass is 16.1. The quantitative estimate of drug-likeness (QED) is 0.531. The van der Waals surface area contributed by atoms with E-state index in [2.05, 4.69) is 6.92 Å². The van der Waals surface area contributed by atoms with Crippen molar-refractivity contribution in [3.05, 3.63) is 0 Å². The van der Waals surface area contributed by atoms with Crippen LogP contribution >= 0.6 is 0 Å². The Kier molecular flexibility index (Phi) is 9.16. The van der Waals surface area contributed by atoms with Gasteiger partial charge in [0.15, 0.2) is 0 Å². The lowest BCUT2D eigenvalue weighted by atomic mass is 9.93. The van der Waals surface area contributed by atoms with E-state index in [0.717, 1.165) is 44.8 Å². The van der Waals surface area contributed by atoms with Crippen molar-refractivity contribution in [2.75, 3.05) is 0 Å². The van der Waals surface area contributed by atoms with Gasteiger partial charge in [0, 0.05) is 18.3 Å². The number of carbonyl (C=O) groups is 2. The van der Waals surface area contributed by atoms with Crippen LogP contribution in [0.1, 0.15) is 65.7 Å². The Morgan fingerprint density at radius 2 is 1.88 bits per heavy atom. The molecule has 0 heterocycles. The van der Waals surface area contributed by atoms with E-state index in [4.69, 9.17) is 0 Å². The van der Waals surface area contributed by atoms with Gasteiger partial charge in [0.05, 0.1) is 0 Å². The first-order valence-electron chi connectivity index (χ1n) is 6.63. The molecule has 2 heteroatoms. The SMILES string of the molecule is CCCCC(C)C(=O)CCCC(C=O)CC. The Morgan fingerprint density at radius 1 is 1.19 bits per heavy atom. The van der Waals surface area contributed by atoms with Crippen molar-refractivity contribution >= 4 is 12.1 Å².